The highest BCUT2D eigenvalue weighted by Gasteiger charge is 2.45. The highest BCUT2D eigenvalue weighted by molar-refractivity contribution is 7.99. The molecule has 0 radical (unpaired) electrons. The summed E-state index contributed by atoms with van der Waals surface area (Å²) in [6.45, 7) is 6.28. The number of aliphatic hydroxyl groups excluding tert-OH is 4. The van der Waals surface area contributed by atoms with Crippen LogP contribution in [0.1, 0.15) is 213 Å². The molecule has 6 N–H and O–H groups in total. The molecule has 17 heteroatoms. The van der Waals surface area contributed by atoms with Gasteiger partial charge in [-0.2, -0.15) is 11.8 Å². The van der Waals surface area contributed by atoms with Crippen molar-refractivity contribution in [2.45, 2.75) is 263 Å². The Labute approximate surface area is 406 Å². The smallest absolute Gasteiger partial charge is 0.306 e. The van der Waals surface area contributed by atoms with E-state index < -0.39 is 48.8 Å². The lowest BCUT2D eigenvalue weighted by molar-refractivity contribution is -0.157. The first kappa shape index (κ1) is 60.3. The molecular weight excluding hydrogens is 879 g/mol. The van der Waals surface area contributed by atoms with Crippen LogP contribution < -0.4 is 10.6 Å². The van der Waals surface area contributed by atoms with E-state index >= 15 is 0 Å². The second kappa shape index (κ2) is 39.0. The molecule has 7 atom stereocenters. The second-order valence-corrected chi connectivity index (χ2v) is 19.6. The molecular formula is C50H91N5O11S. The highest BCUT2D eigenvalue weighted by Crippen LogP contribution is 2.23. The van der Waals surface area contributed by atoms with Crippen molar-refractivity contribution in [3.63, 3.8) is 0 Å². The average molecular weight is 970 g/mol. The summed E-state index contributed by atoms with van der Waals surface area (Å²) < 4.78 is 17.8. The van der Waals surface area contributed by atoms with E-state index in [1.165, 1.54) is 119 Å². The molecule has 67 heavy (non-hydrogen) atoms. The fourth-order valence-corrected chi connectivity index (χ4v) is 9.13. The lowest BCUT2D eigenvalue weighted by Crippen LogP contribution is -2.45. The number of ether oxygens (including phenoxy) is 3. The number of aromatic nitrogens is 3. The quantitative estimate of drug-likeness (QED) is 0.0266. The number of carbonyl (C=O) groups excluding carboxylic acids is 4. The molecule has 0 aromatic carbocycles. The van der Waals surface area contributed by atoms with E-state index in [0.29, 0.717) is 19.3 Å². The van der Waals surface area contributed by atoms with E-state index in [1.807, 2.05) is 0 Å². The summed E-state index contributed by atoms with van der Waals surface area (Å²) in [5.41, 5.74) is 0. The van der Waals surface area contributed by atoms with Gasteiger partial charge in [-0.3, -0.25) is 19.2 Å². The first-order chi connectivity index (χ1) is 32.5. The zero-order valence-corrected chi connectivity index (χ0v) is 42.4. The van der Waals surface area contributed by atoms with Crippen LogP contribution in [0.15, 0.2) is 6.20 Å². The number of esters is 2. The Kier molecular flexibility index (Phi) is 35.1. The normalized spacial score (nSPS) is 18.4. The lowest BCUT2D eigenvalue weighted by atomic mass is 10.1. The van der Waals surface area contributed by atoms with Gasteiger partial charge in [0.25, 0.3) is 0 Å². The van der Waals surface area contributed by atoms with Crippen LogP contribution in [0.3, 0.4) is 0 Å². The minimum absolute atomic E-state index is 0.0375. The fourth-order valence-electron chi connectivity index (χ4n) is 8.10. The maximum atomic E-state index is 13.8. The van der Waals surface area contributed by atoms with Crippen LogP contribution in [-0.4, -0.2) is 120 Å². The summed E-state index contributed by atoms with van der Waals surface area (Å²) in [4.78, 5) is 52.8. The van der Waals surface area contributed by atoms with Gasteiger partial charge in [0.15, 0.2) is 12.1 Å². The summed E-state index contributed by atoms with van der Waals surface area (Å²) in [6, 6.07) is -1.01. The van der Waals surface area contributed by atoms with Gasteiger partial charge in [-0.1, -0.05) is 180 Å². The number of thioether (sulfide) groups is 1. The predicted molar refractivity (Wildman–Crippen MR) is 263 cm³/mol. The summed E-state index contributed by atoms with van der Waals surface area (Å²) in [6.07, 6.45) is 24.2. The van der Waals surface area contributed by atoms with Gasteiger partial charge in [-0.05, 0) is 19.3 Å². The molecule has 1 aliphatic heterocycles. The number of nitrogens with zero attached hydrogens (tertiary/aromatic N) is 3. The standard InChI is InChI=1S/C50H91N5O11S/c1-4-7-10-13-16-19-22-25-28-31-43(57)51-40(49(62)52-42-35-55(54-53-42)34-41(56)48-46(60)47(61)50(63)66-48)38-67-37-39(65-45(59)33-30-27-24-21-18-15-12-9-6-3)36-64-44(58)32-29-26-23-20-17-14-11-8-5-2/h35,39-41,46-48,50,56,60-61,63H,4-34,36-38H2,1-3H3,(H,51,57)(H,52,62)/t39-,40-,41+,46+,47+,48?,50?/m1/s1. The van der Waals surface area contributed by atoms with Crippen molar-refractivity contribution in [1.29, 1.82) is 0 Å². The summed E-state index contributed by atoms with van der Waals surface area (Å²) in [5, 5.41) is 53.8. The van der Waals surface area contributed by atoms with Gasteiger partial charge in [0.2, 0.25) is 11.8 Å². The van der Waals surface area contributed by atoms with Gasteiger partial charge < -0.3 is 45.3 Å². The first-order valence-corrected chi connectivity index (χ1v) is 27.4. The topological polar surface area (TPSA) is 232 Å². The lowest BCUT2D eigenvalue weighted by Gasteiger charge is -2.21. The number of hydrogen-bond acceptors (Lipinski definition) is 14. The molecule has 1 aliphatic rings. The molecule has 0 spiro atoms. The highest BCUT2D eigenvalue weighted by atomic mass is 32.2. The van der Waals surface area contributed by atoms with Crippen molar-refractivity contribution in [3.8, 4) is 0 Å². The molecule has 0 saturated carbocycles. The van der Waals surface area contributed by atoms with Crippen LogP contribution >= 0.6 is 11.8 Å². The van der Waals surface area contributed by atoms with E-state index in [2.05, 4.69) is 41.7 Å². The summed E-state index contributed by atoms with van der Waals surface area (Å²) in [5.74, 6) is -1.16. The number of rotatable bonds is 43. The number of unbranched alkanes of at least 4 members (excludes halogenated alkanes) is 24. The van der Waals surface area contributed by atoms with Crippen LogP contribution in [0.4, 0.5) is 5.82 Å². The van der Waals surface area contributed by atoms with E-state index in [1.54, 1.807) is 0 Å². The van der Waals surface area contributed by atoms with Gasteiger partial charge >= 0.3 is 11.9 Å². The third-order valence-corrected chi connectivity index (χ3v) is 13.4. The van der Waals surface area contributed by atoms with Crippen LogP contribution in [0.25, 0.3) is 0 Å². The van der Waals surface area contributed by atoms with Crippen LogP contribution in [0.5, 0.6) is 0 Å². The Morgan fingerprint density at radius 1 is 0.672 bits per heavy atom. The first-order valence-electron chi connectivity index (χ1n) is 26.3. The minimum atomic E-state index is -1.65. The van der Waals surface area contributed by atoms with Crippen molar-refractivity contribution in [2.75, 3.05) is 23.4 Å². The molecule has 2 heterocycles. The van der Waals surface area contributed by atoms with Crippen LogP contribution in [-0.2, 0) is 39.9 Å². The van der Waals surface area contributed by atoms with Crippen molar-refractivity contribution < 1.29 is 53.8 Å². The van der Waals surface area contributed by atoms with Crippen LogP contribution in [0.2, 0.25) is 0 Å². The Hall–Kier alpha value is -2.83. The predicted octanol–water partition coefficient (Wildman–Crippen LogP) is 8.45. The maximum Gasteiger partial charge on any atom is 0.306 e. The zero-order chi connectivity index (χ0) is 48.9. The summed E-state index contributed by atoms with van der Waals surface area (Å²) in [7, 11) is 0. The van der Waals surface area contributed by atoms with Crippen LogP contribution in [0, 0.1) is 0 Å². The number of carbonyl (C=O) groups is 4. The maximum absolute atomic E-state index is 13.8. The average Bonchev–Trinajstić information content (AvgIpc) is 3.86. The molecule has 2 amide bonds. The molecule has 2 rings (SSSR count). The molecule has 0 bridgehead atoms. The van der Waals surface area contributed by atoms with Gasteiger partial charge in [0.1, 0.15) is 43.2 Å². The summed E-state index contributed by atoms with van der Waals surface area (Å²) >= 11 is 1.30. The molecule has 0 aliphatic carbocycles. The minimum Gasteiger partial charge on any atom is -0.462 e. The zero-order valence-electron chi connectivity index (χ0n) is 41.6. The Morgan fingerprint density at radius 2 is 1.15 bits per heavy atom. The SMILES string of the molecule is CCCCCCCCCCCC(=O)N[C@H](CSC[C@@H](COC(=O)CCCCCCCCCCC)OC(=O)CCCCCCCCCCC)C(=O)Nc1cn(C[C@H](O)C2OC(O)[C@@H](O)[C@@H]2O)nn1. The molecule has 1 fully saturated rings. The van der Waals surface area contributed by atoms with E-state index in [9.17, 15) is 39.6 Å². The van der Waals surface area contributed by atoms with Gasteiger partial charge in [-0.25, -0.2) is 4.68 Å². The number of hydrogen-bond donors (Lipinski definition) is 6. The van der Waals surface area contributed by atoms with Crippen molar-refractivity contribution in [1.82, 2.24) is 20.3 Å². The molecule has 1 aromatic rings. The van der Waals surface area contributed by atoms with Crippen molar-refractivity contribution in [3.05, 3.63) is 6.20 Å². The molecule has 2 unspecified atom stereocenters. The third-order valence-electron chi connectivity index (χ3n) is 12.3. The Bertz CT molecular complexity index is 1440. The van der Waals surface area contributed by atoms with E-state index in [-0.39, 0.29) is 61.2 Å². The second-order valence-electron chi connectivity index (χ2n) is 18.5. The number of anilines is 1. The van der Waals surface area contributed by atoms with E-state index in [4.69, 9.17) is 14.2 Å². The van der Waals surface area contributed by atoms with Gasteiger partial charge in [-0.15, -0.1) is 5.10 Å². The Balaban J connectivity index is 2.02. The molecule has 1 aromatic heterocycles. The fraction of sp³-hybridized carbons (Fsp3) is 0.880. The molecule has 1 saturated heterocycles. The van der Waals surface area contributed by atoms with Crippen molar-refractivity contribution >= 4 is 41.3 Å². The van der Waals surface area contributed by atoms with E-state index in [0.717, 1.165) is 64.2 Å². The largest absolute Gasteiger partial charge is 0.462 e. The molecule has 16 nitrogen and oxygen atoms in total. The molecule has 388 valence electrons. The third kappa shape index (κ3) is 29.1. The monoisotopic (exact) mass is 970 g/mol. The van der Waals surface area contributed by atoms with Gasteiger partial charge in [0, 0.05) is 30.8 Å². The van der Waals surface area contributed by atoms with Gasteiger partial charge in [0.05, 0.1) is 12.7 Å². The number of nitrogens with one attached hydrogen (secondary N) is 2. The number of aliphatic hydroxyl groups is 4. The number of amides is 2. The Morgan fingerprint density at radius 3 is 1.64 bits per heavy atom. The van der Waals surface area contributed by atoms with Crippen molar-refractivity contribution in [2.24, 2.45) is 0 Å².